The number of hydrogen-bond donors (Lipinski definition) is 1. The van der Waals surface area contributed by atoms with Gasteiger partial charge in [0.1, 0.15) is 0 Å². The van der Waals surface area contributed by atoms with Crippen molar-refractivity contribution in [3.8, 4) is 0 Å². The van der Waals surface area contributed by atoms with Crippen molar-refractivity contribution >= 4 is 5.91 Å². The first kappa shape index (κ1) is 15.5. The summed E-state index contributed by atoms with van der Waals surface area (Å²) in [5, 5.41) is 3.49. The van der Waals surface area contributed by atoms with E-state index in [1.807, 2.05) is 35.2 Å². The Labute approximate surface area is 133 Å². The first-order chi connectivity index (χ1) is 10.8. The molecule has 2 aliphatic rings. The Morgan fingerprint density at radius 2 is 1.91 bits per heavy atom. The van der Waals surface area contributed by atoms with Crippen LogP contribution in [0.15, 0.2) is 30.3 Å². The van der Waals surface area contributed by atoms with E-state index in [0.717, 1.165) is 44.2 Å². The molecule has 2 saturated heterocycles. The summed E-state index contributed by atoms with van der Waals surface area (Å²) >= 11 is 0. The molecule has 2 fully saturated rings. The highest BCUT2D eigenvalue weighted by Gasteiger charge is 2.23. The summed E-state index contributed by atoms with van der Waals surface area (Å²) in [6, 6.07) is 10.1. The Bertz CT molecular complexity index is 462. The quantitative estimate of drug-likeness (QED) is 0.912. The van der Waals surface area contributed by atoms with E-state index in [2.05, 4.69) is 10.2 Å². The lowest BCUT2D eigenvalue weighted by Crippen LogP contribution is -2.51. The average molecular weight is 301 g/mol. The monoisotopic (exact) mass is 301 g/mol. The van der Waals surface area contributed by atoms with E-state index in [4.69, 9.17) is 0 Å². The van der Waals surface area contributed by atoms with Crippen LogP contribution in [0.1, 0.15) is 18.4 Å². The predicted octanol–water partition coefficient (Wildman–Crippen LogP) is 1.37. The van der Waals surface area contributed by atoms with Crippen LogP contribution in [0.25, 0.3) is 0 Å². The number of piperazine rings is 1. The maximum Gasteiger partial charge on any atom is 0.227 e. The molecular weight excluding hydrogens is 274 g/mol. The molecular formula is C18H27N3O. The highest BCUT2D eigenvalue weighted by molar-refractivity contribution is 5.78. The van der Waals surface area contributed by atoms with Crippen LogP contribution >= 0.6 is 0 Å². The molecule has 1 atom stereocenters. The standard InChI is InChI=1S/C18H27N3O/c22-18(13-16-5-2-1-3-6-16)21-11-9-20(10-12-21)15-17-7-4-8-19-14-17/h1-3,5-6,17,19H,4,7-15H2. The number of nitrogens with zero attached hydrogens (tertiary/aromatic N) is 2. The van der Waals surface area contributed by atoms with Gasteiger partial charge in [-0.2, -0.15) is 0 Å². The lowest BCUT2D eigenvalue weighted by Gasteiger charge is -2.37. The number of nitrogens with one attached hydrogen (secondary N) is 1. The lowest BCUT2D eigenvalue weighted by atomic mass is 9.99. The van der Waals surface area contributed by atoms with Crippen molar-refractivity contribution in [3.05, 3.63) is 35.9 Å². The van der Waals surface area contributed by atoms with Crippen molar-refractivity contribution in [1.82, 2.24) is 15.1 Å². The molecule has 0 saturated carbocycles. The molecule has 4 nitrogen and oxygen atoms in total. The van der Waals surface area contributed by atoms with Crippen LogP contribution in [0.4, 0.5) is 0 Å². The van der Waals surface area contributed by atoms with Gasteiger partial charge in [-0.15, -0.1) is 0 Å². The Balaban J connectivity index is 1.42. The maximum absolute atomic E-state index is 12.4. The number of rotatable bonds is 4. The van der Waals surface area contributed by atoms with E-state index in [0.29, 0.717) is 6.42 Å². The van der Waals surface area contributed by atoms with Crippen LogP contribution in [0.2, 0.25) is 0 Å². The van der Waals surface area contributed by atoms with Crippen molar-refractivity contribution in [1.29, 1.82) is 0 Å². The third kappa shape index (κ3) is 4.31. The zero-order chi connectivity index (χ0) is 15.2. The summed E-state index contributed by atoms with van der Waals surface area (Å²) in [4.78, 5) is 16.9. The normalized spacial score (nSPS) is 23.5. The van der Waals surface area contributed by atoms with E-state index in [1.165, 1.54) is 25.9 Å². The Kier molecular flexibility index (Phi) is 5.46. The molecule has 0 aliphatic carbocycles. The van der Waals surface area contributed by atoms with Gasteiger partial charge in [-0.05, 0) is 37.4 Å². The summed E-state index contributed by atoms with van der Waals surface area (Å²) in [7, 11) is 0. The van der Waals surface area contributed by atoms with Crippen molar-refractivity contribution < 1.29 is 4.79 Å². The minimum absolute atomic E-state index is 0.269. The highest BCUT2D eigenvalue weighted by Crippen LogP contribution is 2.14. The van der Waals surface area contributed by atoms with Gasteiger partial charge in [-0.1, -0.05) is 30.3 Å². The first-order valence-electron chi connectivity index (χ1n) is 8.56. The van der Waals surface area contributed by atoms with Crippen molar-refractivity contribution in [3.63, 3.8) is 0 Å². The molecule has 120 valence electrons. The zero-order valence-corrected chi connectivity index (χ0v) is 13.3. The van der Waals surface area contributed by atoms with Crippen LogP contribution in [-0.2, 0) is 11.2 Å². The smallest absolute Gasteiger partial charge is 0.227 e. The van der Waals surface area contributed by atoms with Gasteiger partial charge < -0.3 is 10.2 Å². The number of piperidine rings is 1. The van der Waals surface area contributed by atoms with Gasteiger partial charge >= 0.3 is 0 Å². The summed E-state index contributed by atoms with van der Waals surface area (Å²) in [6.07, 6.45) is 3.19. The Morgan fingerprint density at radius 1 is 1.14 bits per heavy atom. The third-order valence-electron chi connectivity index (χ3n) is 4.84. The van der Waals surface area contributed by atoms with Gasteiger partial charge in [-0.3, -0.25) is 9.69 Å². The molecule has 3 rings (SSSR count). The van der Waals surface area contributed by atoms with E-state index in [1.54, 1.807) is 0 Å². The van der Waals surface area contributed by atoms with Gasteiger partial charge in [-0.25, -0.2) is 0 Å². The van der Waals surface area contributed by atoms with Gasteiger partial charge in [0, 0.05) is 32.7 Å². The van der Waals surface area contributed by atoms with Gasteiger partial charge in [0.2, 0.25) is 5.91 Å². The summed E-state index contributed by atoms with van der Waals surface area (Å²) < 4.78 is 0. The zero-order valence-electron chi connectivity index (χ0n) is 13.3. The number of amides is 1. The number of carbonyl (C=O) groups is 1. The summed E-state index contributed by atoms with van der Waals surface area (Å²) in [6.45, 7) is 7.34. The van der Waals surface area contributed by atoms with Crippen molar-refractivity contribution in [2.75, 3.05) is 45.8 Å². The second-order valence-corrected chi connectivity index (χ2v) is 6.56. The Hall–Kier alpha value is -1.39. The van der Waals surface area contributed by atoms with Crippen LogP contribution in [0, 0.1) is 5.92 Å². The van der Waals surface area contributed by atoms with Gasteiger partial charge in [0.15, 0.2) is 0 Å². The van der Waals surface area contributed by atoms with Crippen LogP contribution in [0.3, 0.4) is 0 Å². The van der Waals surface area contributed by atoms with Crippen LogP contribution in [0.5, 0.6) is 0 Å². The second kappa shape index (κ2) is 7.75. The van der Waals surface area contributed by atoms with Crippen molar-refractivity contribution in [2.24, 2.45) is 5.92 Å². The number of hydrogen-bond acceptors (Lipinski definition) is 3. The third-order valence-corrected chi connectivity index (χ3v) is 4.84. The number of benzene rings is 1. The highest BCUT2D eigenvalue weighted by atomic mass is 16.2. The lowest BCUT2D eigenvalue weighted by molar-refractivity contribution is -0.132. The van der Waals surface area contributed by atoms with Crippen LogP contribution < -0.4 is 5.32 Å². The summed E-state index contributed by atoms with van der Waals surface area (Å²) in [5.41, 5.74) is 1.11. The van der Waals surface area contributed by atoms with E-state index < -0.39 is 0 Å². The number of carbonyl (C=O) groups excluding carboxylic acids is 1. The molecule has 0 radical (unpaired) electrons. The fourth-order valence-corrected chi connectivity index (χ4v) is 3.51. The minimum Gasteiger partial charge on any atom is -0.340 e. The fourth-order valence-electron chi connectivity index (χ4n) is 3.51. The largest absolute Gasteiger partial charge is 0.340 e. The van der Waals surface area contributed by atoms with E-state index in [-0.39, 0.29) is 5.91 Å². The van der Waals surface area contributed by atoms with Crippen LogP contribution in [-0.4, -0.2) is 61.5 Å². The first-order valence-corrected chi connectivity index (χ1v) is 8.56. The predicted molar refractivity (Wildman–Crippen MR) is 88.8 cm³/mol. The average Bonchev–Trinajstić information content (AvgIpc) is 2.57. The molecule has 1 amide bonds. The summed E-state index contributed by atoms with van der Waals surface area (Å²) in [5.74, 6) is 1.06. The molecule has 2 aliphatic heterocycles. The fraction of sp³-hybridized carbons (Fsp3) is 0.611. The minimum atomic E-state index is 0.269. The van der Waals surface area contributed by atoms with Crippen molar-refractivity contribution in [2.45, 2.75) is 19.3 Å². The second-order valence-electron chi connectivity index (χ2n) is 6.56. The SMILES string of the molecule is O=C(Cc1ccccc1)N1CCN(CC2CCCNC2)CC1. The van der Waals surface area contributed by atoms with E-state index in [9.17, 15) is 4.79 Å². The van der Waals surface area contributed by atoms with Gasteiger partial charge in [0.05, 0.1) is 6.42 Å². The molecule has 1 aromatic carbocycles. The molecule has 1 N–H and O–H groups in total. The van der Waals surface area contributed by atoms with E-state index >= 15 is 0 Å². The molecule has 1 aromatic rings. The van der Waals surface area contributed by atoms with Gasteiger partial charge in [0.25, 0.3) is 0 Å². The molecule has 2 heterocycles. The maximum atomic E-state index is 12.4. The molecule has 0 spiro atoms. The topological polar surface area (TPSA) is 35.6 Å². The molecule has 0 bridgehead atoms. The molecule has 22 heavy (non-hydrogen) atoms. The molecule has 4 heteroatoms. The molecule has 1 unspecified atom stereocenters. The Morgan fingerprint density at radius 3 is 2.59 bits per heavy atom. The molecule has 0 aromatic heterocycles.